The Bertz CT molecular complexity index is 1400. The van der Waals surface area contributed by atoms with Crippen molar-refractivity contribution in [1.29, 1.82) is 0 Å². The number of aryl methyl sites for hydroxylation is 1. The van der Waals surface area contributed by atoms with E-state index in [9.17, 15) is 23.9 Å². The Morgan fingerprint density at radius 2 is 2.15 bits per heavy atom. The first-order chi connectivity index (χ1) is 15.9. The van der Waals surface area contributed by atoms with Crippen molar-refractivity contribution in [2.24, 2.45) is 0 Å². The first kappa shape index (κ1) is 21.4. The Kier molecular flexibility index (Phi) is 5.10. The molecular weight excluding hydrogens is 429 g/mol. The highest BCUT2D eigenvalue weighted by Gasteiger charge is 2.34. The van der Waals surface area contributed by atoms with Crippen LogP contribution < -0.4 is 10.9 Å². The number of benzene rings is 1. The molecule has 0 saturated carbocycles. The predicted octanol–water partition coefficient (Wildman–Crippen LogP) is 1.98. The maximum atomic E-state index is 14.7. The minimum absolute atomic E-state index is 0.0676. The third kappa shape index (κ3) is 3.03. The van der Waals surface area contributed by atoms with Gasteiger partial charge in [-0.1, -0.05) is 0 Å². The fourth-order valence-electron chi connectivity index (χ4n) is 5.24. The van der Waals surface area contributed by atoms with Crippen molar-refractivity contribution in [3.63, 3.8) is 0 Å². The second-order valence-electron chi connectivity index (χ2n) is 8.45. The van der Waals surface area contributed by atoms with Gasteiger partial charge in [0.25, 0.3) is 5.56 Å². The lowest BCUT2D eigenvalue weighted by atomic mass is 9.82. The molecule has 2 aromatic heterocycles. The van der Waals surface area contributed by atoms with E-state index >= 15 is 0 Å². The minimum atomic E-state index is -1.49. The normalized spacial score (nSPS) is 16.9. The molecule has 0 radical (unpaired) electrons. The van der Waals surface area contributed by atoms with Crippen LogP contribution in [0, 0.1) is 12.7 Å². The van der Waals surface area contributed by atoms with E-state index in [4.69, 9.17) is 9.72 Å². The Labute approximate surface area is 188 Å². The summed E-state index contributed by atoms with van der Waals surface area (Å²) in [6.07, 6.45) is 0.699. The zero-order valence-electron chi connectivity index (χ0n) is 18.1. The molecule has 0 fully saturated rings. The monoisotopic (exact) mass is 451 g/mol. The molecule has 170 valence electrons. The summed E-state index contributed by atoms with van der Waals surface area (Å²) in [5.74, 6) is -0.361. The molecule has 3 heterocycles. The smallest absolute Gasteiger partial charge is 0.257 e. The van der Waals surface area contributed by atoms with E-state index in [0.29, 0.717) is 48.0 Å². The van der Waals surface area contributed by atoms with Crippen LogP contribution in [0.4, 0.5) is 4.39 Å². The molecule has 5 rings (SSSR count). The van der Waals surface area contributed by atoms with Crippen LogP contribution in [-0.2, 0) is 33.9 Å². The lowest BCUT2D eigenvalue weighted by Gasteiger charge is -2.28. The van der Waals surface area contributed by atoms with E-state index in [1.54, 1.807) is 13.0 Å². The SMILES string of the molecule is COCc1c([C@H](O)C=O)cc2n(c1=O)Cc1c-2nc2cc(F)c(C)c3c2c1[C@@H](NC=O)CC3. The fraction of sp³-hybridized carbons (Fsp3) is 0.333. The molecule has 9 heteroatoms. The van der Waals surface area contributed by atoms with Gasteiger partial charge in [-0.25, -0.2) is 9.37 Å². The first-order valence-electron chi connectivity index (χ1n) is 10.6. The quantitative estimate of drug-likeness (QED) is 0.434. The lowest BCUT2D eigenvalue weighted by Crippen LogP contribution is -2.27. The number of aromatic nitrogens is 2. The molecule has 33 heavy (non-hydrogen) atoms. The highest BCUT2D eigenvalue weighted by molar-refractivity contribution is 5.93. The van der Waals surface area contributed by atoms with Gasteiger partial charge in [-0.15, -0.1) is 0 Å². The number of fused-ring (bicyclic) bond motifs is 4. The molecule has 2 aliphatic rings. The summed E-state index contributed by atoms with van der Waals surface area (Å²) in [5.41, 5.74) is 4.33. The fourth-order valence-corrected chi connectivity index (χ4v) is 5.24. The number of nitrogens with zero attached hydrogens (tertiary/aromatic N) is 2. The topological polar surface area (TPSA) is 111 Å². The van der Waals surface area contributed by atoms with Gasteiger partial charge in [0, 0.05) is 35.3 Å². The molecule has 0 saturated heterocycles. The highest BCUT2D eigenvalue weighted by Crippen LogP contribution is 2.44. The maximum Gasteiger partial charge on any atom is 0.257 e. The van der Waals surface area contributed by atoms with E-state index < -0.39 is 11.7 Å². The molecule has 1 aliphatic heterocycles. The van der Waals surface area contributed by atoms with Gasteiger partial charge in [-0.2, -0.15) is 0 Å². The molecule has 1 aliphatic carbocycles. The van der Waals surface area contributed by atoms with E-state index in [1.165, 1.54) is 17.7 Å². The number of pyridine rings is 2. The Balaban J connectivity index is 1.86. The van der Waals surface area contributed by atoms with Gasteiger partial charge in [0.15, 0.2) is 6.29 Å². The molecule has 1 aromatic carbocycles. The lowest BCUT2D eigenvalue weighted by molar-refractivity contribution is -0.115. The van der Waals surface area contributed by atoms with E-state index in [1.807, 2.05) is 0 Å². The first-order valence-corrected chi connectivity index (χ1v) is 10.6. The van der Waals surface area contributed by atoms with Crippen molar-refractivity contribution in [1.82, 2.24) is 14.9 Å². The third-order valence-electron chi connectivity index (χ3n) is 6.78. The molecule has 0 bridgehead atoms. The number of carbonyl (C=O) groups is 2. The van der Waals surface area contributed by atoms with Crippen LogP contribution >= 0.6 is 0 Å². The summed E-state index contributed by atoms with van der Waals surface area (Å²) in [6, 6.07) is 2.65. The van der Waals surface area contributed by atoms with Crippen molar-refractivity contribution in [3.05, 3.63) is 61.7 Å². The van der Waals surface area contributed by atoms with Crippen LogP contribution in [0.3, 0.4) is 0 Å². The minimum Gasteiger partial charge on any atom is -0.381 e. The van der Waals surface area contributed by atoms with Gasteiger partial charge in [0.2, 0.25) is 6.41 Å². The van der Waals surface area contributed by atoms with Crippen molar-refractivity contribution in [2.75, 3.05) is 7.11 Å². The van der Waals surface area contributed by atoms with Crippen molar-refractivity contribution < 1.29 is 23.8 Å². The van der Waals surface area contributed by atoms with Crippen LogP contribution in [0.25, 0.3) is 22.3 Å². The maximum absolute atomic E-state index is 14.7. The Morgan fingerprint density at radius 3 is 2.85 bits per heavy atom. The van der Waals surface area contributed by atoms with Gasteiger partial charge in [0.1, 0.15) is 11.9 Å². The molecule has 8 nitrogen and oxygen atoms in total. The molecule has 2 N–H and O–H groups in total. The third-order valence-corrected chi connectivity index (χ3v) is 6.78. The molecule has 0 unspecified atom stereocenters. The van der Waals surface area contributed by atoms with E-state index in [0.717, 1.165) is 22.1 Å². The zero-order valence-corrected chi connectivity index (χ0v) is 18.1. The number of aliphatic hydroxyl groups is 1. The number of nitrogens with one attached hydrogen (secondary N) is 1. The second kappa shape index (κ2) is 7.86. The Hall–Kier alpha value is -3.43. The van der Waals surface area contributed by atoms with E-state index in [-0.39, 0.29) is 36.1 Å². The highest BCUT2D eigenvalue weighted by atomic mass is 19.1. The molecule has 2 atom stereocenters. The number of methoxy groups -OCH3 is 1. The van der Waals surface area contributed by atoms with Gasteiger partial charge < -0.3 is 24.5 Å². The average molecular weight is 451 g/mol. The summed E-state index contributed by atoms with van der Waals surface area (Å²) >= 11 is 0. The number of aliphatic hydroxyl groups excluding tert-OH is 1. The summed E-state index contributed by atoms with van der Waals surface area (Å²) < 4.78 is 21.4. The average Bonchev–Trinajstić information content (AvgIpc) is 3.18. The zero-order chi connectivity index (χ0) is 23.4. The van der Waals surface area contributed by atoms with Crippen LogP contribution in [-0.4, -0.2) is 34.5 Å². The van der Waals surface area contributed by atoms with Crippen molar-refractivity contribution in [2.45, 2.75) is 45.1 Å². The summed E-state index contributed by atoms with van der Waals surface area (Å²) in [4.78, 5) is 40.7. The number of aldehydes is 1. The standard InChI is InChI=1S/C24H22FN3O5/c1-11-12-3-4-17(26-10-30)22-14-7-28-19(23(14)27-18(21(12)22)6-16(11)25)5-13(20(31)8-29)15(9-33-2)24(28)32/h5-6,8,10,17,20,31H,3-4,7,9H2,1-2H3,(H,26,30)/t17-,20+/m0/s1. The van der Waals surface area contributed by atoms with Crippen molar-refractivity contribution in [3.8, 4) is 11.4 Å². The Morgan fingerprint density at radius 1 is 1.36 bits per heavy atom. The van der Waals surface area contributed by atoms with Crippen molar-refractivity contribution >= 4 is 23.6 Å². The van der Waals surface area contributed by atoms with Crippen LogP contribution in [0.15, 0.2) is 16.9 Å². The van der Waals surface area contributed by atoms with Gasteiger partial charge in [-0.3, -0.25) is 9.59 Å². The molecular formula is C24H22FN3O5. The molecule has 1 amide bonds. The predicted molar refractivity (Wildman–Crippen MR) is 117 cm³/mol. The summed E-state index contributed by atoms with van der Waals surface area (Å²) in [5, 5.41) is 13.9. The largest absolute Gasteiger partial charge is 0.381 e. The number of amides is 1. The number of ether oxygens (including phenoxy) is 1. The number of halogens is 1. The number of rotatable bonds is 6. The molecule has 0 spiro atoms. The number of hydrogen-bond acceptors (Lipinski definition) is 6. The number of carbonyl (C=O) groups excluding carboxylic acids is 2. The van der Waals surface area contributed by atoms with Crippen LogP contribution in [0.1, 0.15) is 51.9 Å². The van der Waals surface area contributed by atoms with Gasteiger partial charge >= 0.3 is 0 Å². The summed E-state index contributed by atoms with van der Waals surface area (Å²) in [6.45, 7) is 1.88. The van der Waals surface area contributed by atoms with Crippen LogP contribution in [0.2, 0.25) is 0 Å². The summed E-state index contributed by atoms with van der Waals surface area (Å²) in [7, 11) is 1.43. The van der Waals surface area contributed by atoms with E-state index in [2.05, 4.69) is 5.32 Å². The second-order valence-corrected chi connectivity index (χ2v) is 8.45. The van der Waals surface area contributed by atoms with Gasteiger partial charge in [0.05, 0.1) is 36.1 Å². The van der Waals surface area contributed by atoms with Crippen LogP contribution in [0.5, 0.6) is 0 Å². The number of hydrogen-bond donors (Lipinski definition) is 2. The molecule has 3 aromatic rings. The van der Waals surface area contributed by atoms with Gasteiger partial charge in [-0.05, 0) is 42.5 Å².